The Labute approximate surface area is 170 Å². The minimum atomic E-state index is -4.46. The van der Waals surface area contributed by atoms with E-state index in [1.165, 1.54) is 12.1 Å². The first kappa shape index (κ1) is 20.7. The lowest BCUT2D eigenvalue weighted by Gasteiger charge is -2.13. The molecule has 0 saturated carbocycles. The molecule has 1 aromatic heterocycles. The van der Waals surface area contributed by atoms with Crippen molar-refractivity contribution in [3.8, 4) is 0 Å². The molecule has 0 aliphatic carbocycles. The van der Waals surface area contributed by atoms with Gasteiger partial charge in [-0.25, -0.2) is 9.98 Å². The molecule has 0 bridgehead atoms. The highest BCUT2D eigenvalue weighted by Crippen LogP contribution is 2.31. The molecule has 0 aliphatic rings. The minimum absolute atomic E-state index is 0.0243. The second kappa shape index (κ2) is 8.16. The van der Waals surface area contributed by atoms with E-state index in [0.717, 1.165) is 29.2 Å². The summed E-state index contributed by atoms with van der Waals surface area (Å²) in [5, 5.41) is 15.1. The van der Waals surface area contributed by atoms with E-state index in [1.807, 2.05) is 0 Å². The second-order valence-electron chi connectivity index (χ2n) is 6.29. The number of hydrogen-bond acceptors (Lipinski definition) is 5. The monoisotopic (exact) mass is 413 g/mol. The third-order valence-corrected chi connectivity index (χ3v) is 4.33. The maximum absolute atomic E-state index is 12.8. The number of nitrogens with zero attached hydrogens (tertiary/aromatic N) is 2. The summed E-state index contributed by atoms with van der Waals surface area (Å²) in [7, 11) is 0. The van der Waals surface area contributed by atoms with Crippen LogP contribution in [0, 0.1) is 0 Å². The largest absolute Gasteiger partial charge is 0.504 e. The van der Waals surface area contributed by atoms with Gasteiger partial charge in [0.25, 0.3) is 0 Å². The Bertz CT molecular complexity index is 1150. The standard InChI is InChI=1S/C21H18F3N5O/c1-12(13-2-4-15(5-3-13)21(22,23)24)18(30)20(28-11-25)29-16-6-7-17-14(10-16)8-9-27-19(17)26/h2-11,29-30H,1H2,(H2,25,28)(H2,26,27)/b20-18-. The lowest BCUT2D eigenvalue weighted by atomic mass is 10.0. The molecule has 1 heterocycles. The molecule has 0 unspecified atom stereocenters. The van der Waals surface area contributed by atoms with Crippen LogP contribution in [0.15, 0.2) is 77.9 Å². The molecule has 6 N–H and O–H groups in total. The van der Waals surface area contributed by atoms with E-state index in [4.69, 9.17) is 11.5 Å². The Morgan fingerprint density at radius 3 is 2.47 bits per heavy atom. The van der Waals surface area contributed by atoms with Crippen molar-refractivity contribution >= 4 is 34.2 Å². The first-order chi connectivity index (χ1) is 14.2. The number of fused-ring (bicyclic) bond motifs is 1. The van der Waals surface area contributed by atoms with Gasteiger partial charge in [-0.3, -0.25) is 0 Å². The zero-order valence-electron chi connectivity index (χ0n) is 15.6. The van der Waals surface area contributed by atoms with Crippen LogP contribution in [-0.4, -0.2) is 16.4 Å². The van der Waals surface area contributed by atoms with E-state index in [0.29, 0.717) is 17.1 Å². The van der Waals surface area contributed by atoms with Gasteiger partial charge in [-0.05, 0) is 47.3 Å². The lowest BCUT2D eigenvalue weighted by Crippen LogP contribution is -2.06. The van der Waals surface area contributed by atoms with Gasteiger partial charge in [0.1, 0.15) is 5.82 Å². The number of nitrogens with two attached hydrogens (primary N) is 2. The maximum Gasteiger partial charge on any atom is 0.416 e. The van der Waals surface area contributed by atoms with Gasteiger partial charge < -0.3 is 21.9 Å². The number of pyridine rings is 1. The Hall–Kier alpha value is -4.01. The topological polar surface area (TPSA) is 110 Å². The van der Waals surface area contributed by atoms with Gasteiger partial charge in [0.2, 0.25) is 0 Å². The number of halogens is 3. The van der Waals surface area contributed by atoms with E-state index >= 15 is 0 Å². The molecule has 0 saturated heterocycles. The number of aromatic nitrogens is 1. The second-order valence-corrected chi connectivity index (χ2v) is 6.29. The van der Waals surface area contributed by atoms with Gasteiger partial charge in [0, 0.05) is 22.8 Å². The summed E-state index contributed by atoms with van der Waals surface area (Å²) >= 11 is 0. The number of benzene rings is 2. The van der Waals surface area contributed by atoms with Crippen LogP contribution in [0.3, 0.4) is 0 Å². The summed E-state index contributed by atoms with van der Waals surface area (Å²) in [5.41, 5.74) is 11.4. The Morgan fingerprint density at radius 2 is 1.83 bits per heavy atom. The molecule has 9 heteroatoms. The van der Waals surface area contributed by atoms with Crippen LogP contribution in [0.2, 0.25) is 0 Å². The average Bonchev–Trinajstić information content (AvgIpc) is 2.72. The number of aliphatic hydroxyl groups excluding tert-OH is 1. The number of nitrogens with one attached hydrogen (secondary N) is 1. The number of rotatable bonds is 5. The molecular weight excluding hydrogens is 395 g/mol. The highest BCUT2D eigenvalue weighted by Gasteiger charge is 2.30. The van der Waals surface area contributed by atoms with E-state index in [-0.39, 0.29) is 17.2 Å². The number of allylic oxidation sites excluding steroid dienone is 1. The van der Waals surface area contributed by atoms with Crippen molar-refractivity contribution in [1.82, 2.24) is 4.98 Å². The molecule has 3 aromatic rings. The molecule has 0 radical (unpaired) electrons. The molecule has 154 valence electrons. The van der Waals surface area contributed by atoms with Crippen LogP contribution >= 0.6 is 0 Å². The van der Waals surface area contributed by atoms with Crippen molar-refractivity contribution in [3.63, 3.8) is 0 Å². The predicted octanol–water partition coefficient (Wildman–Crippen LogP) is 4.68. The molecule has 0 atom stereocenters. The van der Waals surface area contributed by atoms with Crippen LogP contribution in [0.1, 0.15) is 11.1 Å². The van der Waals surface area contributed by atoms with Gasteiger partial charge in [-0.1, -0.05) is 18.7 Å². The number of aliphatic imine (C=N–C) groups is 1. The highest BCUT2D eigenvalue weighted by molar-refractivity contribution is 5.93. The van der Waals surface area contributed by atoms with E-state index < -0.39 is 11.7 Å². The van der Waals surface area contributed by atoms with Crippen molar-refractivity contribution < 1.29 is 18.3 Å². The van der Waals surface area contributed by atoms with E-state index in [2.05, 4.69) is 21.9 Å². The highest BCUT2D eigenvalue weighted by atomic mass is 19.4. The van der Waals surface area contributed by atoms with Crippen molar-refractivity contribution in [3.05, 3.63) is 84.0 Å². The van der Waals surface area contributed by atoms with Gasteiger partial charge in [-0.2, -0.15) is 13.2 Å². The third-order valence-electron chi connectivity index (χ3n) is 4.33. The summed E-state index contributed by atoms with van der Waals surface area (Å²) in [5.74, 6) is -0.0112. The summed E-state index contributed by atoms with van der Waals surface area (Å²) in [6.07, 6.45) is -1.91. The van der Waals surface area contributed by atoms with Crippen LogP contribution in [0.5, 0.6) is 0 Å². The van der Waals surface area contributed by atoms with Crippen molar-refractivity contribution in [2.24, 2.45) is 10.7 Å². The molecule has 0 spiro atoms. The Balaban J connectivity index is 1.93. The first-order valence-corrected chi connectivity index (χ1v) is 8.66. The van der Waals surface area contributed by atoms with Crippen LogP contribution in [0.4, 0.5) is 24.7 Å². The molecule has 0 amide bonds. The fraction of sp³-hybridized carbons (Fsp3) is 0.0476. The third kappa shape index (κ3) is 4.35. The molecule has 2 aromatic carbocycles. The normalized spacial score (nSPS) is 12.8. The Kier molecular flexibility index (Phi) is 5.63. The lowest BCUT2D eigenvalue weighted by molar-refractivity contribution is -0.137. The molecular formula is C21H18F3N5O. The molecule has 0 aliphatic heterocycles. The molecule has 6 nitrogen and oxygen atoms in total. The SMILES string of the molecule is C=C(/C(O)=C(\N=CN)Nc1ccc2c(N)nccc2c1)c1ccc(C(F)(F)F)cc1. The number of alkyl halides is 3. The number of aliphatic hydroxyl groups is 1. The number of hydrogen-bond donors (Lipinski definition) is 4. The quantitative estimate of drug-likeness (QED) is 0.210. The molecule has 0 fully saturated rings. The maximum atomic E-state index is 12.8. The van der Waals surface area contributed by atoms with Gasteiger partial charge >= 0.3 is 6.18 Å². The van der Waals surface area contributed by atoms with Gasteiger partial charge in [0.05, 0.1) is 11.9 Å². The minimum Gasteiger partial charge on any atom is -0.504 e. The summed E-state index contributed by atoms with van der Waals surface area (Å²) in [4.78, 5) is 7.93. The first-order valence-electron chi connectivity index (χ1n) is 8.66. The summed E-state index contributed by atoms with van der Waals surface area (Å²) in [6.45, 7) is 3.75. The fourth-order valence-electron chi connectivity index (χ4n) is 2.78. The van der Waals surface area contributed by atoms with E-state index in [9.17, 15) is 18.3 Å². The summed E-state index contributed by atoms with van der Waals surface area (Å²) < 4.78 is 38.3. The number of nitrogen functional groups attached to an aromatic ring is 1. The van der Waals surface area contributed by atoms with Crippen LogP contribution in [-0.2, 0) is 6.18 Å². The van der Waals surface area contributed by atoms with Crippen molar-refractivity contribution in [2.75, 3.05) is 11.1 Å². The van der Waals surface area contributed by atoms with Crippen molar-refractivity contribution in [1.29, 1.82) is 0 Å². The zero-order valence-corrected chi connectivity index (χ0v) is 15.6. The van der Waals surface area contributed by atoms with Gasteiger partial charge in [0.15, 0.2) is 11.6 Å². The fourth-order valence-corrected chi connectivity index (χ4v) is 2.78. The predicted molar refractivity (Wildman–Crippen MR) is 113 cm³/mol. The van der Waals surface area contributed by atoms with Crippen LogP contribution in [0.25, 0.3) is 16.3 Å². The summed E-state index contributed by atoms with van der Waals surface area (Å²) in [6, 6.07) is 11.3. The molecule has 30 heavy (non-hydrogen) atoms. The van der Waals surface area contributed by atoms with Crippen LogP contribution < -0.4 is 16.8 Å². The zero-order chi connectivity index (χ0) is 21.9. The number of anilines is 2. The van der Waals surface area contributed by atoms with Crippen molar-refractivity contribution in [2.45, 2.75) is 6.18 Å². The van der Waals surface area contributed by atoms with Gasteiger partial charge in [-0.15, -0.1) is 0 Å². The smallest absolute Gasteiger partial charge is 0.416 e. The van der Waals surface area contributed by atoms with E-state index in [1.54, 1.807) is 30.5 Å². The average molecular weight is 413 g/mol. The molecule has 3 rings (SSSR count). The Morgan fingerprint density at radius 1 is 1.13 bits per heavy atom.